The number of fused-ring (bicyclic) bond motifs is 1. The van der Waals surface area contributed by atoms with E-state index in [4.69, 9.17) is 16.9 Å². The molecule has 0 atom stereocenters. The van der Waals surface area contributed by atoms with Gasteiger partial charge in [0.25, 0.3) is 0 Å². The van der Waals surface area contributed by atoms with Gasteiger partial charge in [0, 0.05) is 5.56 Å². The average Bonchev–Trinajstić information content (AvgIpc) is 2.85. The van der Waals surface area contributed by atoms with Crippen molar-refractivity contribution in [3.8, 4) is 17.3 Å². The molecular weight excluding hydrogens is 275 g/mol. The summed E-state index contributed by atoms with van der Waals surface area (Å²) in [6.45, 7) is 0. The van der Waals surface area contributed by atoms with Crippen molar-refractivity contribution in [3.05, 3.63) is 40.2 Å². The molecule has 0 aliphatic heterocycles. The van der Waals surface area contributed by atoms with Crippen LogP contribution in [0.15, 0.2) is 24.4 Å². The van der Waals surface area contributed by atoms with Gasteiger partial charge in [-0.1, -0.05) is 11.3 Å². The predicted molar refractivity (Wildman–Crippen MR) is 66.0 cm³/mol. The van der Waals surface area contributed by atoms with Gasteiger partial charge < -0.3 is 0 Å². The third-order valence-corrected chi connectivity index (χ3v) is 3.41. The molecule has 0 saturated heterocycles. The lowest BCUT2D eigenvalue weighted by Crippen LogP contribution is -1.86. The fourth-order valence-corrected chi connectivity index (χ4v) is 2.50. The number of halogens is 2. The summed E-state index contributed by atoms with van der Waals surface area (Å²) in [6.07, 6.45) is 1.60. The Labute approximate surface area is 110 Å². The van der Waals surface area contributed by atoms with Gasteiger partial charge in [-0.25, -0.2) is 13.9 Å². The molecule has 2 heterocycles. The van der Waals surface area contributed by atoms with E-state index in [0.717, 1.165) is 0 Å². The summed E-state index contributed by atoms with van der Waals surface area (Å²) in [5.74, 6) is -0.481. The van der Waals surface area contributed by atoms with Crippen molar-refractivity contribution in [3.63, 3.8) is 0 Å². The molecule has 88 valence electrons. The lowest BCUT2D eigenvalue weighted by Gasteiger charge is -1.98. The first-order valence-corrected chi connectivity index (χ1v) is 6.08. The van der Waals surface area contributed by atoms with Crippen LogP contribution in [-0.2, 0) is 0 Å². The molecule has 0 unspecified atom stereocenters. The molecule has 2 aromatic heterocycles. The van der Waals surface area contributed by atoms with Crippen LogP contribution in [0.25, 0.3) is 16.2 Å². The van der Waals surface area contributed by atoms with Crippen LogP contribution in [0, 0.1) is 17.1 Å². The molecule has 0 N–H and O–H groups in total. The maximum Gasteiger partial charge on any atom is 0.213 e. The number of imidazole rings is 1. The topological polar surface area (TPSA) is 54.0 Å². The van der Waals surface area contributed by atoms with Crippen LogP contribution < -0.4 is 0 Å². The zero-order valence-corrected chi connectivity index (χ0v) is 10.3. The Hall–Kier alpha value is -1.97. The van der Waals surface area contributed by atoms with E-state index in [1.807, 2.05) is 6.07 Å². The summed E-state index contributed by atoms with van der Waals surface area (Å²) in [7, 11) is 0. The molecule has 4 nitrogen and oxygen atoms in total. The molecule has 0 radical (unpaired) electrons. The van der Waals surface area contributed by atoms with E-state index in [1.165, 1.54) is 28.0 Å². The lowest BCUT2D eigenvalue weighted by molar-refractivity contribution is 0.630. The molecule has 0 spiro atoms. The minimum atomic E-state index is -0.481. The fraction of sp³-hybridized carbons (Fsp3) is 0. The zero-order chi connectivity index (χ0) is 12.7. The van der Waals surface area contributed by atoms with Gasteiger partial charge in [0.05, 0.1) is 23.5 Å². The zero-order valence-electron chi connectivity index (χ0n) is 8.76. The van der Waals surface area contributed by atoms with Gasteiger partial charge in [-0.2, -0.15) is 5.26 Å². The fourth-order valence-electron chi connectivity index (χ4n) is 1.60. The van der Waals surface area contributed by atoms with Crippen LogP contribution in [0.4, 0.5) is 4.39 Å². The Bertz CT molecular complexity index is 755. The highest BCUT2D eigenvalue weighted by Crippen LogP contribution is 2.26. The van der Waals surface area contributed by atoms with Gasteiger partial charge >= 0.3 is 0 Å². The van der Waals surface area contributed by atoms with Gasteiger partial charge in [0.15, 0.2) is 0 Å². The average molecular weight is 279 g/mol. The van der Waals surface area contributed by atoms with Gasteiger partial charge in [0.1, 0.15) is 5.82 Å². The second-order valence-electron chi connectivity index (χ2n) is 3.51. The van der Waals surface area contributed by atoms with E-state index < -0.39 is 5.82 Å². The van der Waals surface area contributed by atoms with Crippen molar-refractivity contribution >= 4 is 27.9 Å². The summed E-state index contributed by atoms with van der Waals surface area (Å²) in [5, 5.41) is 12.7. The number of hydrogen-bond acceptors (Lipinski definition) is 4. The second-order valence-corrected chi connectivity index (χ2v) is 5.05. The van der Waals surface area contributed by atoms with Crippen LogP contribution in [0.2, 0.25) is 4.47 Å². The van der Waals surface area contributed by atoms with Crippen LogP contribution in [-0.4, -0.2) is 14.6 Å². The van der Waals surface area contributed by atoms with Gasteiger partial charge in [-0.3, -0.25) is 0 Å². The monoisotopic (exact) mass is 278 g/mol. The highest BCUT2D eigenvalue weighted by molar-refractivity contribution is 7.20. The summed E-state index contributed by atoms with van der Waals surface area (Å²) in [4.78, 5) is 4.83. The minimum absolute atomic E-state index is 0.276. The lowest BCUT2D eigenvalue weighted by atomic mass is 10.1. The molecule has 0 aliphatic carbocycles. The maximum atomic E-state index is 13.8. The highest BCUT2D eigenvalue weighted by atomic mass is 35.5. The Morgan fingerprint density at radius 3 is 2.94 bits per heavy atom. The molecule has 18 heavy (non-hydrogen) atoms. The SMILES string of the molecule is N#Cc1ccc(-c2cn3nc(Cl)sc3n2)c(F)c1. The number of nitrogens with zero attached hydrogens (tertiary/aromatic N) is 4. The van der Waals surface area contributed by atoms with Crippen LogP contribution in [0.5, 0.6) is 0 Å². The number of aromatic nitrogens is 3. The van der Waals surface area contributed by atoms with Crippen molar-refractivity contribution in [2.24, 2.45) is 0 Å². The summed E-state index contributed by atoms with van der Waals surface area (Å²) < 4.78 is 15.7. The first-order chi connectivity index (χ1) is 8.67. The smallest absolute Gasteiger partial charge is 0.213 e. The number of nitriles is 1. The molecule has 0 fully saturated rings. The van der Waals surface area contributed by atoms with Crippen molar-refractivity contribution in [2.45, 2.75) is 0 Å². The Morgan fingerprint density at radius 2 is 2.28 bits per heavy atom. The van der Waals surface area contributed by atoms with Crippen molar-refractivity contribution in [1.29, 1.82) is 5.26 Å². The van der Waals surface area contributed by atoms with Gasteiger partial charge in [-0.05, 0) is 29.8 Å². The summed E-state index contributed by atoms with van der Waals surface area (Å²) >= 11 is 6.94. The maximum absolute atomic E-state index is 13.8. The number of benzene rings is 1. The van der Waals surface area contributed by atoms with E-state index in [-0.39, 0.29) is 5.56 Å². The quantitative estimate of drug-likeness (QED) is 0.687. The Morgan fingerprint density at radius 1 is 1.44 bits per heavy atom. The molecule has 1 aromatic carbocycles. The Kier molecular flexibility index (Phi) is 2.51. The van der Waals surface area contributed by atoms with E-state index in [2.05, 4.69) is 10.1 Å². The van der Waals surface area contributed by atoms with Crippen LogP contribution >= 0.6 is 22.9 Å². The highest BCUT2D eigenvalue weighted by Gasteiger charge is 2.12. The molecule has 0 saturated carbocycles. The first kappa shape index (κ1) is 11.1. The van der Waals surface area contributed by atoms with Gasteiger partial charge in [0.2, 0.25) is 9.43 Å². The van der Waals surface area contributed by atoms with E-state index in [9.17, 15) is 4.39 Å². The molecule has 0 amide bonds. The van der Waals surface area contributed by atoms with E-state index in [0.29, 0.717) is 20.7 Å². The first-order valence-electron chi connectivity index (χ1n) is 4.89. The third-order valence-electron chi connectivity index (χ3n) is 2.39. The standard InChI is InChI=1S/C11H4ClFN4S/c12-10-16-17-5-9(15-11(17)18-10)7-2-1-6(4-14)3-8(7)13/h1-3,5H. The summed E-state index contributed by atoms with van der Waals surface area (Å²) in [5.41, 5.74) is 1.08. The molecular formula is C11H4ClFN4S. The van der Waals surface area contributed by atoms with Crippen LogP contribution in [0.1, 0.15) is 5.56 Å². The van der Waals surface area contributed by atoms with E-state index in [1.54, 1.807) is 12.3 Å². The molecule has 3 rings (SSSR count). The molecule has 0 aliphatic rings. The number of rotatable bonds is 1. The molecule has 0 bridgehead atoms. The second kappa shape index (κ2) is 4.05. The third kappa shape index (κ3) is 1.74. The predicted octanol–water partition coefficient (Wildman–Crippen LogP) is 3.12. The summed E-state index contributed by atoms with van der Waals surface area (Å²) in [6, 6.07) is 6.14. The number of hydrogen-bond donors (Lipinski definition) is 0. The molecule has 7 heteroatoms. The molecule has 3 aromatic rings. The van der Waals surface area contributed by atoms with Crippen molar-refractivity contribution in [2.75, 3.05) is 0 Å². The normalized spacial score (nSPS) is 10.7. The largest absolute Gasteiger partial charge is 0.217 e. The van der Waals surface area contributed by atoms with Crippen LogP contribution in [0.3, 0.4) is 0 Å². The van der Waals surface area contributed by atoms with Crippen molar-refractivity contribution in [1.82, 2.24) is 14.6 Å². The van der Waals surface area contributed by atoms with Crippen molar-refractivity contribution < 1.29 is 4.39 Å². The Balaban J connectivity index is 2.14. The minimum Gasteiger partial charge on any atom is -0.217 e. The van der Waals surface area contributed by atoms with Gasteiger partial charge in [-0.15, -0.1) is 5.10 Å². The van der Waals surface area contributed by atoms with E-state index >= 15 is 0 Å².